The van der Waals surface area contributed by atoms with Crippen LogP contribution in [-0.4, -0.2) is 13.2 Å². The first kappa shape index (κ1) is 4.49. The molecule has 0 rings (SSSR count). The van der Waals surface area contributed by atoms with E-state index in [-0.39, 0.29) is 5.71 Å². The third-order valence-corrected chi connectivity index (χ3v) is 0.185. The fourth-order valence-electron chi connectivity index (χ4n) is 0. The van der Waals surface area contributed by atoms with Crippen LogP contribution in [-0.2, 0) is 0 Å². The van der Waals surface area contributed by atoms with E-state index in [1.807, 2.05) is 0 Å². The summed E-state index contributed by atoms with van der Waals surface area (Å²) in [7, 11) is 3.22. The van der Waals surface area contributed by atoms with Crippen LogP contribution >= 0.6 is 0 Å². The molecule has 0 saturated carbocycles. The van der Waals surface area contributed by atoms with Gasteiger partial charge < -0.3 is 0 Å². The summed E-state index contributed by atoms with van der Waals surface area (Å²) >= 11 is 0. The van der Waals surface area contributed by atoms with Crippen LogP contribution in [0.15, 0.2) is 0 Å². The standard InChI is InChI=1S/CH6BN3/c2-1(3)5-4/h2,5H,3-4H2. The van der Waals surface area contributed by atoms with Crippen molar-refractivity contribution in [3.05, 3.63) is 0 Å². The average Bonchev–Trinajstić information content (AvgIpc) is 1.38. The summed E-state index contributed by atoms with van der Waals surface area (Å²) in [6.45, 7) is 0. The molecule has 4 heteroatoms. The van der Waals surface area contributed by atoms with Gasteiger partial charge in [-0.25, -0.2) is 0 Å². The van der Waals surface area contributed by atoms with E-state index in [0.29, 0.717) is 0 Å². The predicted octanol–water partition coefficient (Wildman–Crippen LogP) is -2.60. The first-order valence-corrected chi connectivity index (χ1v) is 1.18. The van der Waals surface area contributed by atoms with Crippen molar-refractivity contribution < 1.29 is 0 Å². The van der Waals surface area contributed by atoms with Gasteiger partial charge in [-0.3, -0.25) is 0 Å². The molecule has 0 aromatic carbocycles. The number of rotatable bonds is 1. The number of hydrogen-bond acceptors (Lipinski definition) is 3. The molecule has 28 valence electrons. The summed E-state index contributed by atoms with van der Waals surface area (Å²) in [5.74, 6) is 4.70. The van der Waals surface area contributed by atoms with Crippen molar-refractivity contribution in [1.82, 2.24) is 5.43 Å². The molecule has 0 atom stereocenters. The Balaban J connectivity index is 2.85. The Hall–Kier alpha value is -0.505. The number of hydrogen-bond donors (Lipinski definition) is 3. The second kappa shape index (κ2) is 1.78. The van der Waals surface area contributed by atoms with Crippen molar-refractivity contribution >= 4 is 13.2 Å². The van der Waals surface area contributed by atoms with E-state index in [4.69, 9.17) is 11.6 Å². The monoisotopic (exact) mass is 71.1 g/mol. The SMILES string of the molecule is B=C(N)NN. The zero-order chi connectivity index (χ0) is 4.28. The van der Waals surface area contributed by atoms with Gasteiger partial charge in [-0.2, -0.15) is 0 Å². The maximum atomic E-state index is 4.86. The Morgan fingerprint density at radius 2 is 2.00 bits per heavy atom. The van der Waals surface area contributed by atoms with Crippen LogP contribution in [0.4, 0.5) is 0 Å². The molecule has 0 aromatic rings. The summed E-state index contributed by atoms with van der Waals surface area (Å²) < 4.78 is 0. The molecule has 0 fully saturated rings. The molecule has 5 heavy (non-hydrogen) atoms. The zero-order valence-electron chi connectivity index (χ0n) is 2.86. The molecule has 0 saturated heterocycles. The van der Waals surface area contributed by atoms with Crippen LogP contribution in [0.3, 0.4) is 0 Å². The van der Waals surface area contributed by atoms with Gasteiger partial charge in [-0.1, -0.05) is 0 Å². The third-order valence-electron chi connectivity index (χ3n) is 0.185. The van der Waals surface area contributed by atoms with Gasteiger partial charge in [0.1, 0.15) is 0 Å². The summed E-state index contributed by atoms with van der Waals surface area (Å²) in [6.07, 6.45) is 0. The van der Waals surface area contributed by atoms with Gasteiger partial charge in [0.15, 0.2) is 0 Å². The van der Waals surface area contributed by atoms with Crippen LogP contribution < -0.4 is 17.0 Å². The molecule has 3 nitrogen and oxygen atoms in total. The van der Waals surface area contributed by atoms with E-state index >= 15 is 0 Å². The summed E-state index contributed by atoms with van der Waals surface area (Å²) in [4.78, 5) is 0. The first-order valence-electron chi connectivity index (χ1n) is 1.18. The number of hydrazine groups is 1. The number of nitrogens with one attached hydrogen (secondary N) is 1. The summed E-state index contributed by atoms with van der Waals surface area (Å²) in [5.41, 5.74) is 7.25. The van der Waals surface area contributed by atoms with Crippen molar-refractivity contribution in [3.63, 3.8) is 0 Å². The van der Waals surface area contributed by atoms with Crippen LogP contribution in [0.1, 0.15) is 0 Å². The minimum atomic E-state index is 0.282. The maximum absolute atomic E-state index is 4.86. The molecule has 0 heterocycles. The van der Waals surface area contributed by atoms with Gasteiger partial charge in [0.2, 0.25) is 0 Å². The van der Waals surface area contributed by atoms with E-state index in [0.717, 1.165) is 0 Å². The molecule has 0 unspecified atom stereocenters. The van der Waals surface area contributed by atoms with Gasteiger partial charge in [0, 0.05) is 0 Å². The molecular formula is CH6BN3. The fourth-order valence-corrected chi connectivity index (χ4v) is 0. The second-order valence-electron chi connectivity index (χ2n) is 0.670. The van der Waals surface area contributed by atoms with Crippen molar-refractivity contribution in [2.45, 2.75) is 0 Å². The molecular weight excluding hydrogens is 64.8 g/mol. The quantitative estimate of drug-likeness (QED) is 0.180. The minimum absolute atomic E-state index is 0.282. The van der Waals surface area contributed by atoms with Gasteiger partial charge in [-0.15, -0.1) is 0 Å². The normalized spacial score (nSPS) is 6.40. The van der Waals surface area contributed by atoms with E-state index in [1.165, 1.54) is 0 Å². The van der Waals surface area contributed by atoms with E-state index < -0.39 is 0 Å². The Bertz CT molecular complexity index is 42.2. The number of nitrogens with two attached hydrogens (primary N) is 2. The summed E-state index contributed by atoms with van der Waals surface area (Å²) in [6, 6.07) is 0. The topological polar surface area (TPSA) is 64.1 Å². The molecule has 0 bridgehead atoms. The molecule has 0 aliphatic carbocycles. The van der Waals surface area contributed by atoms with Gasteiger partial charge in [-0.05, 0) is 0 Å². The Labute approximate surface area is 31.4 Å². The second-order valence-corrected chi connectivity index (χ2v) is 0.670. The molecule has 0 spiro atoms. The molecule has 0 aliphatic heterocycles. The van der Waals surface area contributed by atoms with E-state index in [9.17, 15) is 0 Å². The molecule has 0 radical (unpaired) electrons. The van der Waals surface area contributed by atoms with Crippen molar-refractivity contribution in [1.29, 1.82) is 0 Å². The molecule has 0 aliphatic rings. The van der Waals surface area contributed by atoms with Crippen molar-refractivity contribution in [2.24, 2.45) is 11.6 Å². The van der Waals surface area contributed by atoms with E-state index in [2.05, 4.69) is 12.9 Å². The Kier molecular flexibility index (Phi) is 1.60. The van der Waals surface area contributed by atoms with Crippen LogP contribution in [0.2, 0.25) is 0 Å². The Morgan fingerprint density at radius 1 is 1.80 bits per heavy atom. The van der Waals surface area contributed by atoms with Gasteiger partial charge in [0.25, 0.3) is 0 Å². The van der Waals surface area contributed by atoms with Crippen LogP contribution in [0.25, 0.3) is 0 Å². The molecule has 0 aromatic heterocycles. The van der Waals surface area contributed by atoms with Crippen molar-refractivity contribution in [2.75, 3.05) is 0 Å². The Morgan fingerprint density at radius 3 is 2.00 bits per heavy atom. The predicted molar refractivity (Wildman–Crippen MR) is 23.7 cm³/mol. The van der Waals surface area contributed by atoms with Crippen LogP contribution in [0.5, 0.6) is 0 Å². The third kappa shape index (κ3) is 3.49. The molecule has 0 amide bonds. The van der Waals surface area contributed by atoms with Crippen molar-refractivity contribution in [3.8, 4) is 0 Å². The first-order chi connectivity index (χ1) is 2.27. The van der Waals surface area contributed by atoms with Gasteiger partial charge >= 0.3 is 30.2 Å². The summed E-state index contributed by atoms with van der Waals surface area (Å²) in [5, 5.41) is 0. The van der Waals surface area contributed by atoms with E-state index in [1.54, 1.807) is 0 Å². The van der Waals surface area contributed by atoms with Gasteiger partial charge in [0.05, 0.1) is 0 Å². The average molecular weight is 70.9 g/mol. The van der Waals surface area contributed by atoms with Crippen LogP contribution in [0, 0.1) is 0 Å². The molecule has 5 N–H and O–H groups in total. The zero-order valence-corrected chi connectivity index (χ0v) is 2.86. The fraction of sp³-hybridized carbons (Fsp3) is 0.